The van der Waals surface area contributed by atoms with Crippen LogP contribution in [0.1, 0.15) is 12.0 Å². The largest absolute Gasteiger partial charge is 0.445 e. The van der Waals surface area contributed by atoms with Crippen LogP contribution in [0.15, 0.2) is 30.3 Å². The van der Waals surface area contributed by atoms with Gasteiger partial charge in [0.15, 0.2) is 0 Å². The molecule has 0 radical (unpaired) electrons. The summed E-state index contributed by atoms with van der Waals surface area (Å²) < 4.78 is 5.16. The van der Waals surface area contributed by atoms with E-state index in [0.717, 1.165) is 38.3 Å². The topological polar surface area (TPSA) is 53.6 Å². The molecule has 1 aliphatic rings. The number of benzene rings is 1. The van der Waals surface area contributed by atoms with E-state index in [1.807, 2.05) is 30.3 Å². The summed E-state index contributed by atoms with van der Waals surface area (Å²) in [5, 5.41) is 6.16. The first kappa shape index (κ1) is 14.8. The zero-order valence-electron chi connectivity index (χ0n) is 11.8. The standard InChI is InChI=1S/C15H23N3O2/c19-15(20-13-14-5-2-1-3-6-14)17-9-12-18-10-4-7-16-8-11-18/h1-3,5-6,16H,4,7-13H2,(H,17,19). The Balaban J connectivity index is 1.58. The van der Waals surface area contributed by atoms with E-state index in [0.29, 0.717) is 13.2 Å². The maximum absolute atomic E-state index is 11.6. The molecule has 0 aliphatic carbocycles. The highest BCUT2D eigenvalue weighted by Crippen LogP contribution is 2.00. The zero-order valence-corrected chi connectivity index (χ0v) is 11.8. The van der Waals surface area contributed by atoms with Crippen LogP contribution in [0.4, 0.5) is 4.79 Å². The quantitative estimate of drug-likeness (QED) is 0.849. The maximum atomic E-state index is 11.6. The fraction of sp³-hybridized carbons (Fsp3) is 0.533. The molecule has 0 unspecified atom stereocenters. The van der Waals surface area contributed by atoms with Gasteiger partial charge in [-0.3, -0.25) is 0 Å². The smallest absolute Gasteiger partial charge is 0.407 e. The SMILES string of the molecule is O=C(NCCN1CCCNCC1)OCc1ccccc1. The summed E-state index contributed by atoms with van der Waals surface area (Å²) in [7, 11) is 0. The molecule has 1 aromatic carbocycles. The van der Waals surface area contributed by atoms with Crippen molar-refractivity contribution in [2.45, 2.75) is 13.0 Å². The number of nitrogens with zero attached hydrogens (tertiary/aromatic N) is 1. The highest BCUT2D eigenvalue weighted by Gasteiger charge is 2.08. The minimum Gasteiger partial charge on any atom is -0.445 e. The Morgan fingerprint density at radius 1 is 1.25 bits per heavy atom. The van der Waals surface area contributed by atoms with Gasteiger partial charge >= 0.3 is 6.09 Å². The number of ether oxygens (including phenoxy) is 1. The van der Waals surface area contributed by atoms with Gasteiger partial charge in [-0.05, 0) is 25.1 Å². The fourth-order valence-electron chi connectivity index (χ4n) is 2.22. The number of alkyl carbamates (subject to hydrolysis) is 1. The second kappa shape index (κ2) is 8.55. The van der Waals surface area contributed by atoms with Gasteiger partial charge in [-0.1, -0.05) is 30.3 Å². The fourth-order valence-corrected chi connectivity index (χ4v) is 2.22. The Morgan fingerprint density at radius 3 is 2.95 bits per heavy atom. The molecule has 110 valence electrons. The molecule has 1 amide bonds. The Hall–Kier alpha value is -1.59. The number of rotatable bonds is 5. The molecule has 0 saturated carbocycles. The Kier molecular flexibility index (Phi) is 6.34. The van der Waals surface area contributed by atoms with Crippen molar-refractivity contribution in [2.75, 3.05) is 39.3 Å². The van der Waals surface area contributed by atoms with Gasteiger partial charge in [-0.2, -0.15) is 0 Å². The average molecular weight is 277 g/mol. The molecule has 2 rings (SSSR count). The molecular weight excluding hydrogens is 254 g/mol. The highest BCUT2D eigenvalue weighted by molar-refractivity contribution is 5.67. The summed E-state index contributed by atoms with van der Waals surface area (Å²) >= 11 is 0. The lowest BCUT2D eigenvalue weighted by Crippen LogP contribution is -2.36. The van der Waals surface area contributed by atoms with Gasteiger partial charge in [-0.25, -0.2) is 4.79 Å². The summed E-state index contributed by atoms with van der Waals surface area (Å²) in [5.74, 6) is 0. The van der Waals surface area contributed by atoms with Crippen LogP contribution >= 0.6 is 0 Å². The molecule has 20 heavy (non-hydrogen) atoms. The van der Waals surface area contributed by atoms with Crippen LogP contribution in [0.5, 0.6) is 0 Å². The minimum atomic E-state index is -0.346. The Morgan fingerprint density at radius 2 is 2.10 bits per heavy atom. The second-order valence-corrected chi connectivity index (χ2v) is 4.93. The molecule has 0 spiro atoms. The van der Waals surface area contributed by atoms with Crippen LogP contribution in [0, 0.1) is 0 Å². The molecule has 0 aromatic heterocycles. The summed E-state index contributed by atoms with van der Waals surface area (Å²) in [5.41, 5.74) is 1.00. The van der Waals surface area contributed by atoms with E-state index in [4.69, 9.17) is 4.74 Å². The number of carbonyl (C=O) groups excluding carboxylic acids is 1. The predicted molar refractivity (Wildman–Crippen MR) is 78.6 cm³/mol. The first-order valence-corrected chi connectivity index (χ1v) is 7.22. The van der Waals surface area contributed by atoms with E-state index in [1.165, 1.54) is 6.42 Å². The third-order valence-corrected chi connectivity index (χ3v) is 3.34. The monoisotopic (exact) mass is 277 g/mol. The van der Waals surface area contributed by atoms with Gasteiger partial charge in [0.25, 0.3) is 0 Å². The summed E-state index contributed by atoms with van der Waals surface area (Å²) in [6.45, 7) is 6.08. The van der Waals surface area contributed by atoms with Crippen molar-refractivity contribution in [3.8, 4) is 0 Å². The van der Waals surface area contributed by atoms with Crippen molar-refractivity contribution in [3.63, 3.8) is 0 Å². The molecule has 5 nitrogen and oxygen atoms in total. The highest BCUT2D eigenvalue weighted by atomic mass is 16.5. The maximum Gasteiger partial charge on any atom is 0.407 e. The predicted octanol–water partition coefficient (Wildman–Crippen LogP) is 1.21. The third kappa shape index (κ3) is 5.59. The molecule has 1 fully saturated rings. The Labute approximate surface area is 120 Å². The first-order valence-electron chi connectivity index (χ1n) is 7.22. The van der Waals surface area contributed by atoms with E-state index < -0.39 is 0 Å². The van der Waals surface area contributed by atoms with Gasteiger partial charge in [0, 0.05) is 26.2 Å². The van der Waals surface area contributed by atoms with E-state index in [2.05, 4.69) is 15.5 Å². The van der Waals surface area contributed by atoms with Crippen molar-refractivity contribution in [2.24, 2.45) is 0 Å². The molecule has 0 atom stereocenters. The van der Waals surface area contributed by atoms with Gasteiger partial charge in [0.2, 0.25) is 0 Å². The van der Waals surface area contributed by atoms with Gasteiger partial charge in [0.1, 0.15) is 6.61 Å². The van der Waals surface area contributed by atoms with E-state index >= 15 is 0 Å². The van der Waals surface area contributed by atoms with Crippen molar-refractivity contribution in [3.05, 3.63) is 35.9 Å². The van der Waals surface area contributed by atoms with Crippen LogP contribution < -0.4 is 10.6 Å². The number of hydrogen-bond acceptors (Lipinski definition) is 4. The molecule has 0 bridgehead atoms. The van der Waals surface area contributed by atoms with E-state index in [-0.39, 0.29) is 6.09 Å². The number of nitrogens with one attached hydrogen (secondary N) is 2. The van der Waals surface area contributed by atoms with Crippen molar-refractivity contribution < 1.29 is 9.53 Å². The van der Waals surface area contributed by atoms with E-state index in [1.54, 1.807) is 0 Å². The number of carbonyl (C=O) groups is 1. The van der Waals surface area contributed by atoms with E-state index in [9.17, 15) is 4.79 Å². The van der Waals surface area contributed by atoms with Crippen molar-refractivity contribution in [1.29, 1.82) is 0 Å². The van der Waals surface area contributed by atoms with Gasteiger partial charge < -0.3 is 20.3 Å². The lowest BCUT2D eigenvalue weighted by molar-refractivity contribution is 0.138. The molecule has 5 heteroatoms. The molecule has 1 aromatic rings. The van der Waals surface area contributed by atoms with Crippen LogP contribution in [0.25, 0.3) is 0 Å². The molecular formula is C15H23N3O2. The normalized spacial score (nSPS) is 16.4. The number of hydrogen-bond donors (Lipinski definition) is 2. The van der Waals surface area contributed by atoms with Crippen molar-refractivity contribution in [1.82, 2.24) is 15.5 Å². The zero-order chi connectivity index (χ0) is 14.0. The van der Waals surface area contributed by atoms with Crippen LogP contribution in [-0.4, -0.2) is 50.3 Å². The molecule has 1 heterocycles. The molecule has 2 N–H and O–H groups in total. The summed E-state index contributed by atoms with van der Waals surface area (Å²) in [6, 6.07) is 9.70. The van der Waals surface area contributed by atoms with Gasteiger partial charge in [-0.15, -0.1) is 0 Å². The van der Waals surface area contributed by atoms with Crippen LogP contribution in [0.3, 0.4) is 0 Å². The summed E-state index contributed by atoms with van der Waals surface area (Å²) in [6.07, 6.45) is 0.820. The van der Waals surface area contributed by atoms with Crippen LogP contribution in [-0.2, 0) is 11.3 Å². The molecule has 1 saturated heterocycles. The second-order valence-electron chi connectivity index (χ2n) is 4.93. The van der Waals surface area contributed by atoms with Crippen molar-refractivity contribution >= 4 is 6.09 Å². The lowest BCUT2D eigenvalue weighted by Gasteiger charge is -2.19. The lowest BCUT2D eigenvalue weighted by atomic mass is 10.2. The number of amides is 1. The molecule has 1 aliphatic heterocycles. The minimum absolute atomic E-state index is 0.320. The van der Waals surface area contributed by atoms with Crippen LogP contribution in [0.2, 0.25) is 0 Å². The first-order chi connectivity index (χ1) is 9.84. The Bertz CT molecular complexity index is 389. The third-order valence-electron chi connectivity index (χ3n) is 3.34. The average Bonchev–Trinajstić information content (AvgIpc) is 2.75. The van der Waals surface area contributed by atoms with Gasteiger partial charge in [0.05, 0.1) is 0 Å². The summed E-state index contributed by atoms with van der Waals surface area (Å²) in [4.78, 5) is 13.9.